The third-order valence-electron chi connectivity index (χ3n) is 3.66. The van der Waals surface area contributed by atoms with E-state index in [0.717, 1.165) is 32.2 Å². The normalized spacial score (nSPS) is 33.2. The summed E-state index contributed by atoms with van der Waals surface area (Å²) < 4.78 is 6.11. The third kappa shape index (κ3) is 2.85. The van der Waals surface area contributed by atoms with Crippen molar-refractivity contribution in [1.29, 1.82) is 0 Å². The molecule has 1 N–H and O–H groups in total. The molecule has 2 heterocycles. The molecule has 0 bridgehead atoms. The minimum absolute atomic E-state index is 0.271. The number of aliphatic imine (C=N–C) groups is 1. The molecule has 2 aliphatic heterocycles. The van der Waals surface area contributed by atoms with Crippen LogP contribution in [0.25, 0.3) is 0 Å². The molecule has 0 spiro atoms. The van der Waals surface area contributed by atoms with Crippen molar-refractivity contribution in [2.24, 2.45) is 16.8 Å². The van der Waals surface area contributed by atoms with Crippen LogP contribution in [0.15, 0.2) is 29.3 Å². The van der Waals surface area contributed by atoms with Gasteiger partial charge in [-0.1, -0.05) is 12.2 Å². The third-order valence-corrected chi connectivity index (χ3v) is 3.66. The summed E-state index contributed by atoms with van der Waals surface area (Å²) in [5.74, 6) is 1.47. The molecule has 3 rings (SSSR count). The smallest absolute Gasteiger partial charge is 0.124 e. The van der Waals surface area contributed by atoms with Crippen LogP contribution in [0, 0.1) is 11.8 Å². The Labute approximate surface area is 103 Å². The average Bonchev–Trinajstić information content (AvgIpc) is 3.10. The van der Waals surface area contributed by atoms with Crippen molar-refractivity contribution in [3.05, 3.63) is 24.3 Å². The maximum atomic E-state index is 6.11. The van der Waals surface area contributed by atoms with E-state index in [4.69, 9.17) is 4.74 Å². The van der Waals surface area contributed by atoms with Crippen molar-refractivity contribution in [2.45, 2.75) is 18.4 Å². The van der Waals surface area contributed by atoms with Gasteiger partial charge in [-0.3, -0.25) is 4.99 Å². The van der Waals surface area contributed by atoms with E-state index in [1.54, 1.807) is 0 Å². The van der Waals surface area contributed by atoms with Gasteiger partial charge in [-0.05, 0) is 30.9 Å². The highest BCUT2D eigenvalue weighted by Crippen LogP contribution is 2.31. The second-order valence-electron chi connectivity index (χ2n) is 5.34. The summed E-state index contributed by atoms with van der Waals surface area (Å²) in [7, 11) is 0. The summed E-state index contributed by atoms with van der Waals surface area (Å²) >= 11 is 0. The van der Waals surface area contributed by atoms with Crippen LogP contribution in [0.2, 0.25) is 0 Å². The van der Waals surface area contributed by atoms with Crippen LogP contribution in [-0.4, -0.2) is 38.1 Å². The van der Waals surface area contributed by atoms with Gasteiger partial charge in [-0.2, -0.15) is 0 Å². The van der Waals surface area contributed by atoms with Crippen LogP contribution in [0.4, 0.5) is 0 Å². The van der Waals surface area contributed by atoms with Gasteiger partial charge in [0.2, 0.25) is 0 Å². The van der Waals surface area contributed by atoms with E-state index in [9.17, 15) is 0 Å². The van der Waals surface area contributed by atoms with Crippen molar-refractivity contribution in [2.75, 3.05) is 26.2 Å². The summed E-state index contributed by atoms with van der Waals surface area (Å²) in [6.07, 6.45) is 13.2. The zero-order valence-corrected chi connectivity index (χ0v) is 10.1. The number of nitrogens with one attached hydrogen (secondary N) is 1. The quantitative estimate of drug-likeness (QED) is 0.730. The minimum atomic E-state index is -0.271. The zero-order valence-electron chi connectivity index (χ0n) is 10.1. The Bertz CT molecular complexity index is 353. The molecule has 0 aromatic heterocycles. The fourth-order valence-electron chi connectivity index (χ4n) is 2.07. The molecule has 0 amide bonds. The molecule has 1 unspecified atom stereocenters. The number of hydrogen-bond acceptors (Lipinski definition) is 3. The topological polar surface area (TPSA) is 33.6 Å². The fourth-order valence-corrected chi connectivity index (χ4v) is 2.07. The lowest BCUT2D eigenvalue weighted by atomic mass is 9.95. The number of rotatable bonds is 5. The van der Waals surface area contributed by atoms with Crippen LogP contribution < -0.4 is 5.32 Å². The van der Waals surface area contributed by atoms with E-state index in [-0.39, 0.29) is 5.60 Å². The van der Waals surface area contributed by atoms with Crippen molar-refractivity contribution >= 4 is 6.21 Å². The van der Waals surface area contributed by atoms with Crippen LogP contribution >= 0.6 is 0 Å². The summed E-state index contributed by atoms with van der Waals surface area (Å²) in [6, 6.07) is 0. The first-order valence-corrected chi connectivity index (χ1v) is 6.58. The van der Waals surface area contributed by atoms with E-state index in [2.05, 4.69) is 28.5 Å². The molecule has 3 aliphatic rings. The molecule has 1 saturated heterocycles. The van der Waals surface area contributed by atoms with E-state index in [0.29, 0.717) is 5.92 Å². The second kappa shape index (κ2) is 4.75. The van der Waals surface area contributed by atoms with Gasteiger partial charge in [0.15, 0.2) is 0 Å². The Hall–Kier alpha value is -0.930. The van der Waals surface area contributed by atoms with Crippen LogP contribution in [-0.2, 0) is 4.74 Å². The molecule has 92 valence electrons. The lowest BCUT2D eigenvalue weighted by Gasteiger charge is -2.30. The van der Waals surface area contributed by atoms with Gasteiger partial charge in [0.05, 0.1) is 13.2 Å². The number of ether oxygens (including phenoxy) is 1. The van der Waals surface area contributed by atoms with Gasteiger partial charge < -0.3 is 10.1 Å². The Morgan fingerprint density at radius 2 is 2.29 bits per heavy atom. The molecule has 0 aromatic carbocycles. The number of hydrogen-bond donors (Lipinski definition) is 1. The molecule has 0 radical (unpaired) electrons. The first-order valence-electron chi connectivity index (χ1n) is 6.58. The Balaban J connectivity index is 1.63. The molecular weight excluding hydrogens is 212 g/mol. The van der Waals surface area contributed by atoms with E-state index in [1.165, 1.54) is 12.8 Å². The first kappa shape index (κ1) is 11.2. The lowest BCUT2D eigenvalue weighted by molar-refractivity contribution is 0.0264. The largest absolute Gasteiger partial charge is 0.365 e. The van der Waals surface area contributed by atoms with Gasteiger partial charge in [-0.25, -0.2) is 0 Å². The van der Waals surface area contributed by atoms with E-state index in [1.807, 2.05) is 12.3 Å². The highest BCUT2D eigenvalue weighted by molar-refractivity contribution is 5.73. The van der Waals surface area contributed by atoms with Crippen LogP contribution in [0.1, 0.15) is 12.8 Å². The Kier molecular flexibility index (Phi) is 3.12. The number of allylic oxidation sites excluding steroid dienone is 1. The predicted molar refractivity (Wildman–Crippen MR) is 69.4 cm³/mol. The molecule has 2 fully saturated rings. The number of nitrogens with zero attached hydrogens (tertiary/aromatic N) is 1. The lowest BCUT2D eigenvalue weighted by Crippen LogP contribution is -2.41. The van der Waals surface area contributed by atoms with Gasteiger partial charge >= 0.3 is 0 Å². The van der Waals surface area contributed by atoms with E-state index >= 15 is 0 Å². The van der Waals surface area contributed by atoms with Crippen molar-refractivity contribution in [3.63, 3.8) is 0 Å². The monoisotopic (exact) mass is 232 g/mol. The molecule has 1 saturated carbocycles. The fraction of sp³-hybridized carbons (Fsp3) is 0.643. The Morgan fingerprint density at radius 3 is 2.88 bits per heavy atom. The summed E-state index contributed by atoms with van der Waals surface area (Å²) in [5.41, 5.74) is -0.271. The zero-order chi connectivity index (χ0) is 11.6. The van der Waals surface area contributed by atoms with Crippen molar-refractivity contribution in [1.82, 2.24) is 5.32 Å². The maximum absolute atomic E-state index is 6.11. The molecule has 1 atom stereocenters. The van der Waals surface area contributed by atoms with Crippen molar-refractivity contribution in [3.8, 4) is 0 Å². The van der Waals surface area contributed by atoms with Gasteiger partial charge in [0.25, 0.3) is 0 Å². The first-order chi connectivity index (χ1) is 8.36. The van der Waals surface area contributed by atoms with Crippen molar-refractivity contribution < 1.29 is 4.74 Å². The van der Waals surface area contributed by atoms with E-state index < -0.39 is 0 Å². The highest BCUT2D eigenvalue weighted by Gasteiger charge is 2.30. The average molecular weight is 232 g/mol. The minimum Gasteiger partial charge on any atom is -0.365 e. The molecule has 0 aromatic rings. The molecule has 3 heteroatoms. The van der Waals surface area contributed by atoms with Gasteiger partial charge in [-0.15, -0.1) is 0 Å². The highest BCUT2D eigenvalue weighted by atomic mass is 16.5. The summed E-state index contributed by atoms with van der Waals surface area (Å²) in [6.45, 7) is 3.81. The second-order valence-corrected chi connectivity index (χ2v) is 5.34. The predicted octanol–water partition coefficient (Wildman–Crippen LogP) is 1.57. The summed E-state index contributed by atoms with van der Waals surface area (Å²) in [5, 5.41) is 3.28. The SMILES string of the molecule is C1=CC(C=CC2CNC2)(OCC2CC2)CN=C1. The van der Waals surface area contributed by atoms with Crippen LogP contribution in [0.3, 0.4) is 0 Å². The molecular formula is C14H20N2O. The van der Waals surface area contributed by atoms with Gasteiger partial charge in [0, 0.05) is 25.2 Å². The number of dihydropyridines is 1. The Morgan fingerprint density at radius 1 is 1.41 bits per heavy atom. The molecule has 17 heavy (non-hydrogen) atoms. The summed E-state index contributed by atoms with van der Waals surface area (Å²) in [4.78, 5) is 4.35. The van der Waals surface area contributed by atoms with Gasteiger partial charge in [0.1, 0.15) is 5.60 Å². The molecule has 3 nitrogen and oxygen atoms in total. The standard InChI is InChI=1S/C14H20N2O/c1-5-14(11-15-7-1,17-10-12-2-3-12)6-4-13-8-16-9-13/h1,4-7,12-13,16H,2-3,8-11H2. The molecule has 1 aliphatic carbocycles. The van der Waals surface area contributed by atoms with Crippen LogP contribution in [0.5, 0.6) is 0 Å². The maximum Gasteiger partial charge on any atom is 0.124 e.